The van der Waals surface area contributed by atoms with Crippen LogP contribution in [0.25, 0.3) is 0 Å². The molecule has 1 aromatic carbocycles. The van der Waals surface area contributed by atoms with Crippen LogP contribution in [0.15, 0.2) is 24.3 Å². The summed E-state index contributed by atoms with van der Waals surface area (Å²) in [6.45, 7) is 4.46. The SMILES string of the molecule is COC(=O)c1ccccc1C(=O)OCCC(C)C. The fourth-order valence-electron chi connectivity index (χ4n) is 1.41. The monoisotopic (exact) mass is 250 g/mol. The number of hydrogen-bond acceptors (Lipinski definition) is 4. The van der Waals surface area contributed by atoms with Crippen LogP contribution in [0.2, 0.25) is 0 Å². The van der Waals surface area contributed by atoms with E-state index in [2.05, 4.69) is 18.6 Å². The molecule has 1 aromatic rings. The molecule has 0 aliphatic rings. The van der Waals surface area contributed by atoms with Gasteiger partial charge in [0.15, 0.2) is 0 Å². The Kier molecular flexibility index (Phi) is 5.36. The lowest BCUT2D eigenvalue weighted by molar-refractivity contribution is 0.0471. The summed E-state index contributed by atoms with van der Waals surface area (Å²) in [6.07, 6.45) is 0.798. The fourth-order valence-corrected chi connectivity index (χ4v) is 1.41. The minimum absolute atomic E-state index is 0.231. The van der Waals surface area contributed by atoms with Crippen LogP contribution < -0.4 is 0 Å². The average molecular weight is 250 g/mol. The third-order valence-electron chi connectivity index (χ3n) is 2.48. The van der Waals surface area contributed by atoms with Crippen molar-refractivity contribution < 1.29 is 19.1 Å². The van der Waals surface area contributed by atoms with E-state index in [4.69, 9.17) is 4.74 Å². The second kappa shape index (κ2) is 6.79. The van der Waals surface area contributed by atoms with E-state index in [1.54, 1.807) is 24.3 Å². The first-order valence-corrected chi connectivity index (χ1v) is 5.90. The molecule has 0 unspecified atom stereocenters. The minimum atomic E-state index is -0.536. The highest BCUT2D eigenvalue weighted by Crippen LogP contribution is 2.12. The second-order valence-corrected chi connectivity index (χ2v) is 4.36. The molecule has 0 aromatic heterocycles. The van der Waals surface area contributed by atoms with E-state index in [1.165, 1.54) is 7.11 Å². The maximum absolute atomic E-state index is 11.8. The molecular formula is C14H18O4. The van der Waals surface area contributed by atoms with E-state index < -0.39 is 11.9 Å². The van der Waals surface area contributed by atoms with E-state index in [9.17, 15) is 9.59 Å². The number of carbonyl (C=O) groups excluding carboxylic acids is 2. The van der Waals surface area contributed by atoms with Gasteiger partial charge < -0.3 is 9.47 Å². The average Bonchev–Trinajstić information content (AvgIpc) is 2.37. The van der Waals surface area contributed by atoms with Crippen molar-refractivity contribution >= 4 is 11.9 Å². The number of benzene rings is 1. The van der Waals surface area contributed by atoms with Crippen molar-refractivity contribution in [3.63, 3.8) is 0 Å². The van der Waals surface area contributed by atoms with Crippen LogP contribution in [0.1, 0.15) is 41.0 Å². The smallest absolute Gasteiger partial charge is 0.339 e. The van der Waals surface area contributed by atoms with Crippen molar-refractivity contribution in [2.45, 2.75) is 20.3 Å². The summed E-state index contributed by atoms with van der Waals surface area (Å²) in [6, 6.07) is 6.47. The maximum atomic E-state index is 11.8. The van der Waals surface area contributed by atoms with E-state index in [-0.39, 0.29) is 11.1 Å². The van der Waals surface area contributed by atoms with Gasteiger partial charge in [-0.15, -0.1) is 0 Å². The van der Waals surface area contributed by atoms with Gasteiger partial charge in [0, 0.05) is 0 Å². The lowest BCUT2D eigenvalue weighted by Crippen LogP contribution is -2.14. The van der Waals surface area contributed by atoms with Gasteiger partial charge in [-0.3, -0.25) is 0 Å². The van der Waals surface area contributed by atoms with Gasteiger partial charge in [-0.1, -0.05) is 26.0 Å². The zero-order valence-corrected chi connectivity index (χ0v) is 10.9. The van der Waals surface area contributed by atoms with Crippen LogP contribution in [-0.2, 0) is 9.47 Å². The molecule has 98 valence electrons. The summed E-state index contributed by atoms with van der Waals surface area (Å²) in [4.78, 5) is 23.3. The molecule has 0 heterocycles. The van der Waals surface area contributed by atoms with Gasteiger partial charge in [0.05, 0.1) is 24.8 Å². The fraction of sp³-hybridized carbons (Fsp3) is 0.429. The van der Waals surface area contributed by atoms with Crippen molar-refractivity contribution in [3.8, 4) is 0 Å². The molecule has 0 fully saturated rings. The third kappa shape index (κ3) is 3.87. The molecule has 0 bridgehead atoms. The number of carbonyl (C=O) groups is 2. The largest absolute Gasteiger partial charge is 0.465 e. The molecule has 0 saturated heterocycles. The van der Waals surface area contributed by atoms with Gasteiger partial charge in [-0.25, -0.2) is 9.59 Å². The Morgan fingerprint density at radius 3 is 2.17 bits per heavy atom. The van der Waals surface area contributed by atoms with Gasteiger partial charge in [-0.2, -0.15) is 0 Å². The molecule has 0 atom stereocenters. The topological polar surface area (TPSA) is 52.6 Å². The lowest BCUT2D eigenvalue weighted by atomic mass is 10.1. The van der Waals surface area contributed by atoms with Gasteiger partial charge in [0.1, 0.15) is 0 Å². The van der Waals surface area contributed by atoms with Crippen LogP contribution in [0.4, 0.5) is 0 Å². The first kappa shape index (κ1) is 14.2. The Labute approximate surface area is 107 Å². The molecular weight excluding hydrogens is 232 g/mol. The molecule has 0 saturated carbocycles. The maximum Gasteiger partial charge on any atom is 0.339 e. The molecule has 0 N–H and O–H groups in total. The normalized spacial score (nSPS) is 10.2. The number of methoxy groups -OCH3 is 1. The molecule has 1 rings (SSSR count). The predicted octanol–water partition coefficient (Wildman–Crippen LogP) is 2.68. The Bertz CT molecular complexity index is 424. The van der Waals surface area contributed by atoms with Gasteiger partial charge in [0.25, 0.3) is 0 Å². The van der Waals surface area contributed by atoms with Crippen LogP contribution in [0.5, 0.6) is 0 Å². The molecule has 0 spiro atoms. The summed E-state index contributed by atoms with van der Waals surface area (Å²) in [5.74, 6) is -0.559. The highest BCUT2D eigenvalue weighted by Gasteiger charge is 2.17. The van der Waals surface area contributed by atoms with Gasteiger partial charge in [0.2, 0.25) is 0 Å². The van der Waals surface area contributed by atoms with Crippen LogP contribution in [0.3, 0.4) is 0 Å². The van der Waals surface area contributed by atoms with Crippen LogP contribution in [0, 0.1) is 5.92 Å². The molecule has 4 heteroatoms. The van der Waals surface area contributed by atoms with E-state index in [1.807, 2.05) is 0 Å². The summed E-state index contributed by atoms with van der Waals surface area (Å²) >= 11 is 0. The number of hydrogen-bond donors (Lipinski definition) is 0. The summed E-state index contributed by atoms with van der Waals surface area (Å²) in [7, 11) is 1.28. The Hall–Kier alpha value is -1.84. The first-order valence-electron chi connectivity index (χ1n) is 5.90. The van der Waals surface area contributed by atoms with Crippen molar-refractivity contribution in [1.82, 2.24) is 0 Å². The summed E-state index contributed by atoms with van der Waals surface area (Å²) in [5, 5.41) is 0. The zero-order valence-electron chi connectivity index (χ0n) is 10.9. The van der Waals surface area contributed by atoms with Crippen molar-refractivity contribution in [2.24, 2.45) is 5.92 Å². The standard InChI is InChI=1S/C14H18O4/c1-10(2)8-9-18-14(16)12-7-5-4-6-11(12)13(15)17-3/h4-7,10H,8-9H2,1-3H3. The number of esters is 2. The summed E-state index contributed by atoms with van der Waals surface area (Å²) in [5.41, 5.74) is 0.475. The van der Waals surface area contributed by atoms with Crippen molar-refractivity contribution in [1.29, 1.82) is 0 Å². The van der Waals surface area contributed by atoms with Crippen molar-refractivity contribution in [3.05, 3.63) is 35.4 Å². The van der Waals surface area contributed by atoms with Crippen LogP contribution in [-0.4, -0.2) is 25.7 Å². The molecule has 0 aliphatic heterocycles. The van der Waals surface area contributed by atoms with Crippen LogP contribution >= 0.6 is 0 Å². The predicted molar refractivity (Wildman–Crippen MR) is 67.5 cm³/mol. The second-order valence-electron chi connectivity index (χ2n) is 4.36. The quantitative estimate of drug-likeness (QED) is 0.754. The van der Waals surface area contributed by atoms with Gasteiger partial charge in [-0.05, 0) is 24.5 Å². The molecule has 18 heavy (non-hydrogen) atoms. The molecule has 4 nitrogen and oxygen atoms in total. The lowest BCUT2D eigenvalue weighted by Gasteiger charge is -2.09. The molecule has 0 aliphatic carbocycles. The number of ether oxygens (including phenoxy) is 2. The van der Waals surface area contributed by atoms with E-state index in [0.717, 1.165) is 6.42 Å². The molecule has 0 amide bonds. The minimum Gasteiger partial charge on any atom is -0.465 e. The summed E-state index contributed by atoms with van der Waals surface area (Å²) < 4.78 is 9.75. The molecule has 0 radical (unpaired) electrons. The Morgan fingerprint density at radius 1 is 1.11 bits per heavy atom. The van der Waals surface area contributed by atoms with Crippen molar-refractivity contribution in [2.75, 3.05) is 13.7 Å². The first-order chi connectivity index (χ1) is 8.56. The van der Waals surface area contributed by atoms with E-state index >= 15 is 0 Å². The Morgan fingerprint density at radius 2 is 1.67 bits per heavy atom. The number of rotatable bonds is 5. The Balaban J connectivity index is 2.76. The highest BCUT2D eigenvalue weighted by atomic mass is 16.5. The van der Waals surface area contributed by atoms with Gasteiger partial charge >= 0.3 is 11.9 Å². The van der Waals surface area contributed by atoms with E-state index in [0.29, 0.717) is 12.5 Å². The highest BCUT2D eigenvalue weighted by molar-refractivity contribution is 6.03. The third-order valence-corrected chi connectivity index (χ3v) is 2.48. The zero-order chi connectivity index (χ0) is 13.5.